The van der Waals surface area contributed by atoms with Crippen LogP contribution in [0, 0.1) is 0 Å². The van der Waals surface area contributed by atoms with E-state index in [2.05, 4.69) is 15.6 Å². The van der Waals surface area contributed by atoms with Gasteiger partial charge in [0.2, 0.25) is 5.88 Å². The zero-order valence-electron chi connectivity index (χ0n) is 13.8. The van der Waals surface area contributed by atoms with E-state index in [4.69, 9.17) is 40.2 Å². The number of carbonyl (C=O) groups is 1. The van der Waals surface area contributed by atoms with E-state index < -0.39 is 0 Å². The van der Waals surface area contributed by atoms with E-state index in [1.807, 2.05) is 6.07 Å². The first kappa shape index (κ1) is 19.1. The largest absolute Gasteiger partial charge is 0.439 e. The van der Waals surface area contributed by atoms with Crippen molar-refractivity contribution in [2.45, 2.75) is 0 Å². The number of rotatable bonds is 4. The lowest BCUT2D eigenvalue weighted by Crippen LogP contribution is -2.34. The van der Waals surface area contributed by atoms with Gasteiger partial charge in [0.05, 0.1) is 5.69 Å². The van der Waals surface area contributed by atoms with Gasteiger partial charge in [0.25, 0.3) is 5.91 Å². The quantitative estimate of drug-likeness (QED) is 0.444. The molecule has 3 rings (SSSR count). The van der Waals surface area contributed by atoms with Crippen molar-refractivity contribution in [2.24, 2.45) is 0 Å². The van der Waals surface area contributed by atoms with E-state index in [9.17, 15) is 4.79 Å². The van der Waals surface area contributed by atoms with Crippen molar-refractivity contribution >= 4 is 52.1 Å². The number of carbonyl (C=O) groups excluding carboxylic acids is 1. The number of ether oxygens (including phenoxy) is 1. The summed E-state index contributed by atoms with van der Waals surface area (Å²) in [7, 11) is 0. The van der Waals surface area contributed by atoms with Crippen molar-refractivity contribution in [3.05, 3.63) is 82.5 Å². The summed E-state index contributed by atoms with van der Waals surface area (Å²) in [6.45, 7) is 0. The third-order valence-corrected chi connectivity index (χ3v) is 4.11. The number of thiocarbonyl (C=S) groups is 1. The Labute approximate surface area is 171 Å². The van der Waals surface area contributed by atoms with Crippen LogP contribution in [0.25, 0.3) is 0 Å². The van der Waals surface area contributed by atoms with Crippen LogP contribution in [-0.4, -0.2) is 16.0 Å². The second-order valence-corrected chi connectivity index (χ2v) is 6.52. The van der Waals surface area contributed by atoms with Crippen molar-refractivity contribution < 1.29 is 9.53 Å². The minimum Gasteiger partial charge on any atom is -0.439 e. The maximum Gasteiger partial charge on any atom is 0.257 e. The van der Waals surface area contributed by atoms with E-state index in [0.29, 0.717) is 27.9 Å². The fourth-order valence-electron chi connectivity index (χ4n) is 2.11. The van der Waals surface area contributed by atoms with E-state index in [1.54, 1.807) is 60.7 Å². The predicted octanol–water partition coefficient (Wildman–Crippen LogP) is 5.31. The summed E-state index contributed by atoms with van der Waals surface area (Å²) in [6, 6.07) is 18.9. The van der Waals surface area contributed by atoms with E-state index in [0.717, 1.165) is 0 Å². The molecule has 136 valence electrons. The van der Waals surface area contributed by atoms with Crippen molar-refractivity contribution in [3.8, 4) is 11.6 Å². The molecule has 1 heterocycles. The molecule has 0 aliphatic carbocycles. The Morgan fingerprint density at radius 3 is 2.33 bits per heavy atom. The van der Waals surface area contributed by atoms with Crippen LogP contribution < -0.4 is 15.4 Å². The normalized spacial score (nSPS) is 10.1. The van der Waals surface area contributed by atoms with Gasteiger partial charge in [-0.3, -0.25) is 10.1 Å². The first-order chi connectivity index (χ1) is 13.0. The Kier molecular flexibility index (Phi) is 6.24. The number of halogens is 2. The van der Waals surface area contributed by atoms with Crippen molar-refractivity contribution in [2.75, 3.05) is 5.32 Å². The lowest BCUT2D eigenvalue weighted by atomic mass is 10.2. The van der Waals surface area contributed by atoms with Crippen molar-refractivity contribution in [1.29, 1.82) is 0 Å². The Hall–Kier alpha value is -2.67. The van der Waals surface area contributed by atoms with Crippen LogP contribution in [0.4, 0.5) is 5.69 Å². The maximum absolute atomic E-state index is 12.1. The van der Waals surface area contributed by atoms with Gasteiger partial charge in [0.1, 0.15) is 5.75 Å². The summed E-state index contributed by atoms with van der Waals surface area (Å²) < 4.78 is 5.61. The molecule has 0 unspecified atom stereocenters. The molecule has 2 aromatic carbocycles. The number of pyridine rings is 1. The molecule has 0 saturated carbocycles. The highest BCUT2D eigenvalue weighted by Gasteiger charge is 2.10. The van der Waals surface area contributed by atoms with Gasteiger partial charge >= 0.3 is 0 Å². The van der Waals surface area contributed by atoms with Gasteiger partial charge in [-0.05, 0) is 54.7 Å². The highest BCUT2D eigenvalue weighted by molar-refractivity contribution is 7.80. The van der Waals surface area contributed by atoms with Gasteiger partial charge in [-0.15, -0.1) is 0 Å². The van der Waals surface area contributed by atoms with E-state index in [-0.39, 0.29) is 16.2 Å². The molecule has 0 aliphatic rings. The molecule has 8 heteroatoms. The number of benzene rings is 2. The molecule has 0 saturated heterocycles. The van der Waals surface area contributed by atoms with Crippen LogP contribution in [-0.2, 0) is 0 Å². The number of hydrogen-bond acceptors (Lipinski definition) is 4. The van der Waals surface area contributed by atoms with Crippen LogP contribution in [0.2, 0.25) is 10.2 Å². The Morgan fingerprint density at radius 2 is 1.67 bits per heavy atom. The number of nitrogens with zero attached hydrogens (tertiary/aromatic N) is 1. The first-order valence-electron chi connectivity index (χ1n) is 7.78. The Balaban J connectivity index is 1.62. The van der Waals surface area contributed by atoms with Gasteiger partial charge in [-0.2, -0.15) is 4.98 Å². The standard InChI is InChI=1S/C19H13Cl2N3O2S/c20-13-6-8-14(9-7-13)26-16-11-10-15(17(21)23-16)22-19(27)24-18(25)12-4-2-1-3-5-12/h1-11H,(H2,22,24,25,27). The van der Waals surface area contributed by atoms with Gasteiger partial charge < -0.3 is 10.1 Å². The molecule has 0 fully saturated rings. The van der Waals surface area contributed by atoms with E-state index >= 15 is 0 Å². The summed E-state index contributed by atoms with van der Waals surface area (Å²) >= 11 is 17.2. The molecule has 27 heavy (non-hydrogen) atoms. The molecule has 1 amide bonds. The van der Waals surface area contributed by atoms with Crippen LogP contribution in [0.1, 0.15) is 10.4 Å². The zero-order chi connectivity index (χ0) is 19.2. The van der Waals surface area contributed by atoms with Gasteiger partial charge in [0.15, 0.2) is 10.3 Å². The van der Waals surface area contributed by atoms with Crippen LogP contribution in [0.15, 0.2) is 66.7 Å². The number of hydrogen-bond donors (Lipinski definition) is 2. The van der Waals surface area contributed by atoms with Crippen LogP contribution in [0.3, 0.4) is 0 Å². The number of aromatic nitrogens is 1. The lowest BCUT2D eigenvalue weighted by Gasteiger charge is -2.11. The molecule has 1 aromatic heterocycles. The summed E-state index contributed by atoms with van der Waals surface area (Å²) in [4.78, 5) is 16.3. The summed E-state index contributed by atoms with van der Waals surface area (Å²) in [5.41, 5.74) is 0.941. The predicted molar refractivity (Wildman–Crippen MR) is 111 cm³/mol. The Morgan fingerprint density at radius 1 is 0.963 bits per heavy atom. The number of amides is 1. The Bertz CT molecular complexity index is 966. The minimum absolute atomic E-state index is 0.110. The molecule has 0 aliphatic heterocycles. The SMILES string of the molecule is O=C(NC(=S)Nc1ccc(Oc2ccc(Cl)cc2)nc1Cl)c1ccccc1. The van der Waals surface area contributed by atoms with Crippen molar-refractivity contribution in [3.63, 3.8) is 0 Å². The number of anilines is 1. The fraction of sp³-hybridized carbons (Fsp3) is 0. The molecule has 5 nitrogen and oxygen atoms in total. The molecule has 0 spiro atoms. The molecule has 2 N–H and O–H groups in total. The molecule has 3 aromatic rings. The fourth-order valence-corrected chi connectivity index (χ4v) is 2.63. The highest BCUT2D eigenvalue weighted by atomic mass is 35.5. The van der Waals surface area contributed by atoms with Gasteiger partial charge in [-0.25, -0.2) is 0 Å². The molecule has 0 atom stereocenters. The highest BCUT2D eigenvalue weighted by Crippen LogP contribution is 2.26. The average Bonchev–Trinajstić information content (AvgIpc) is 2.66. The second kappa shape index (κ2) is 8.81. The topological polar surface area (TPSA) is 63.2 Å². The summed E-state index contributed by atoms with van der Waals surface area (Å²) in [6.07, 6.45) is 0. The maximum atomic E-state index is 12.1. The van der Waals surface area contributed by atoms with Gasteiger partial charge in [0, 0.05) is 16.7 Å². The average molecular weight is 418 g/mol. The second-order valence-electron chi connectivity index (χ2n) is 5.32. The molecular weight excluding hydrogens is 405 g/mol. The summed E-state index contributed by atoms with van der Waals surface area (Å²) in [5.74, 6) is 0.571. The lowest BCUT2D eigenvalue weighted by molar-refractivity contribution is 0.0977. The third-order valence-electron chi connectivity index (χ3n) is 3.37. The van der Waals surface area contributed by atoms with Crippen LogP contribution in [0.5, 0.6) is 11.6 Å². The van der Waals surface area contributed by atoms with Crippen LogP contribution >= 0.6 is 35.4 Å². The zero-order valence-corrected chi connectivity index (χ0v) is 16.1. The molecule has 0 bridgehead atoms. The first-order valence-corrected chi connectivity index (χ1v) is 8.95. The monoisotopic (exact) mass is 417 g/mol. The number of nitrogens with one attached hydrogen (secondary N) is 2. The van der Waals surface area contributed by atoms with Crippen molar-refractivity contribution in [1.82, 2.24) is 10.3 Å². The minimum atomic E-state index is -0.320. The molecule has 0 radical (unpaired) electrons. The van der Waals surface area contributed by atoms with E-state index in [1.165, 1.54) is 0 Å². The smallest absolute Gasteiger partial charge is 0.257 e. The third kappa shape index (κ3) is 5.40. The summed E-state index contributed by atoms with van der Waals surface area (Å²) in [5, 5.41) is 6.30. The van der Waals surface area contributed by atoms with Gasteiger partial charge in [-0.1, -0.05) is 41.4 Å². The molecular formula is C19H13Cl2N3O2S.